The first-order valence-electron chi connectivity index (χ1n) is 5.09. The number of benzene rings is 1. The van der Waals surface area contributed by atoms with Crippen LogP contribution >= 0.6 is 11.6 Å². The molecule has 0 spiro atoms. The largest absolute Gasteiger partial charge is 0.395 e. The van der Waals surface area contributed by atoms with E-state index in [9.17, 15) is 18.0 Å². The third kappa shape index (κ3) is 3.89. The molecule has 0 aliphatic carbocycles. The fourth-order valence-electron chi connectivity index (χ4n) is 1.37. The Morgan fingerprint density at radius 3 is 2.61 bits per heavy atom. The van der Waals surface area contributed by atoms with Gasteiger partial charge in [-0.1, -0.05) is 11.6 Å². The molecule has 100 valence electrons. The number of amides is 1. The quantitative estimate of drug-likeness (QED) is 0.899. The second-order valence-electron chi connectivity index (χ2n) is 3.49. The predicted molar refractivity (Wildman–Crippen MR) is 60.4 cm³/mol. The van der Waals surface area contributed by atoms with Crippen molar-refractivity contribution in [2.45, 2.75) is 6.43 Å². The van der Waals surface area contributed by atoms with Gasteiger partial charge >= 0.3 is 0 Å². The van der Waals surface area contributed by atoms with Crippen LogP contribution in [0.15, 0.2) is 18.2 Å². The number of aliphatic hydroxyl groups is 1. The number of rotatable bonds is 5. The predicted octanol–water partition coefficient (Wildman–Crippen LogP) is 2.18. The monoisotopic (exact) mass is 281 g/mol. The average molecular weight is 282 g/mol. The molecule has 0 aliphatic rings. The van der Waals surface area contributed by atoms with Crippen LogP contribution in [0.1, 0.15) is 10.4 Å². The molecule has 7 heteroatoms. The van der Waals surface area contributed by atoms with Gasteiger partial charge in [-0.3, -0.25) is 4.79 Å². The summed E-state index contributed by atoms with van der Waals surface area (Å²) in [5.74, 6) is -1.58. The topological polar surface area (TPSA) is 40.5 Å². The maximum absolute atomic E-state index is 13.2. The minimum Gasteiger partial charge on any atom is -0.395 e. The molecule has 0 bridgehead atoms. The number of hydrogen-bond donors (Lipinski definition) is 1. The minimum absolute atomic E-state index is 0.0917. The minimum atomic E-state index is -2.72. The van der Waals surface area contributed by atoms with Crippen molar-refractivity contribution in [2.24, 2.45) is 0 Å². The summed E-state index contributed by atoms with van der Waals surface area (Å²) in [6.07, 6.45) is -2.72. The summed E-state index contributed by atoms with van der Waals surface area (Å²) in [6.45, 7) is -1.51. The van der Waals surface area contributed by atoms with Crippen molar-refractivity contribution in [3.63, 3.8) is 0 Å². The fourth-order valence-corrected chi connectivity index (χ4v) is 1.49. The molecule has 3 nitrogen and oxygen atoms in total. The standard InChI is InChI=1S/C11H11ClF3NO2/c12-8-2-1-7(5-9(8)13)11(18)16(3-4-17)6-10(14)15/h1-2,5,10,17H,3-4,6H2. The smallest absolute Gasteiger partial charge is 0.255 e. The number of halogens is 4. The van der Waals surface area contributed by atoms with Crippen LogP contribution in [-0.4, -0.2) is 42.0 Å². The van der Waals surface area contributed by atoms with Gasteiger partial charge in [-0.2, -0.15) is 0 Å². The summed E-state index contributed by atoms with van der Waals surface area (Å²) in [6, 6.07) is 3.29. The Bertz CT molecular complexity index is 429. The lowest BCUT2D eigenvalue weighted by Gasteiger charge is -2.21. The molecule has 0 aliphatic heterocycles. The van der Waals surface area contributed by atoms with Crippen molar-refractivity contribution in [1.29, 1.82) is 0 Å². The third-order valence-electron chi connectivity index (χ3n) is 2.18. The van der Waals surface area contributed by atoms with E-state index in [2.05, 4.69) is 0 Å². The Morgan fingerprint density at radius 2 is 2.11 bits per heavy atom. The second-order valence-corrected chi connectivity index (χ2v) is 3.90. The summed E-state index contributed by atoms with van der Waals surface area (Å²) in [5, 5.41) is 8.55. The van der Waals surface area contributed by atoms with Crippen LogP contribution in [0.25, 0.3) is 0 Å². The number of carbonyl (C=O) groups is 1. The number of carbonyl (C=O) groups excluding carboxylic acids is 1. The molecule has 0 fully saturated rings. The molecule has 1 rings (SSSR count). The first kappa shape index (κ1) is 14.8. The van der Waals surface area contributed by atoms with Crippen LogP contribution in [0, 0.1) is 5.82 Å². The number of alkyl halides is 2. The van der Waals surface area contributed by atoms with Crippen molar-refractivity contribution >= 4 is 17.5 Å². The Balaban J connectivity index is 2.90. The van der Waals surface area contributed by atoms with Crippen molar-refractivity contribution in [3.8, 4) is 0 Å². The van der Waals surface area contributed by atoms with Crippen molar-refractivity contribution in [2.75, 3.05) is 19.7 Å². The molecule has 1 amide bonds. The highest BCUT2D eigenvalue weighted by atomic mass is 35.5. The molecule has 1 N–H and O–H groups in total. The van der Waals surface area contributed by atoms with Gasteiger partial charge in [0.1, 0.15) is 5.82 Å². The lowest BCUT2D eigenvalue weighted by atomic mass is 10.2. The molecule has 1 aromatic rings. The summed E-state index contributed by atoms with van der Waals surface area (Å²) in [7, 11) is 0. The summed E-state index contributed by atoms with van der Waals surface area (Å²) >= 11 is 5.45. The van der Waals surface area contributed by atoms with E-state index in [1.54, 1.807) is 0 Å². The van der Waals surface area contributed by atoms with E-state index in [0.717, 1.165) is 11.0 Å². The summed E-state index contributed by atoms with van der Waals surface area (Å²) in [5.41, 5.74) is -0.0917. The molecule has 0 saturated carbocycles. The maximum atomic E-state index is 13.2. The van der Waals surface area contributed by atoms with Gasteiger partial charge in [-0.25, -0.2) is 13.2 Å². The van der Waals surface area contributed by atoms with Gasteiger partial charge in [-0.05, 0) is 18.2 Å². The van der Waals surface area contributed by atoms with E-state index in [-0.39, 0.29) is 17.1 Å². The van der Waals surface area contributed by atoms with Crippen LogP contribution in [0.3, 0.4) is 0 Å². The van der Waals surface area contributed by atoms with Gasteiger partial charge in [0.05, 0.1) is 18.2 Å². The van der Waals surface area contributed by atoms with Gasteiger partial charge in [-0.15, -0.1) is 0 Å². The molecule has 0 atom stereocenters. The molecule has 18 heavy (non-hydrogen) atoms. The molecule has 1 aromatic carbocycles. The Labute approximate surface area is 107 Å². The Morgan fingerprint density at radius 1 is 1.44 bits per heavy atom. The van der Waals surface area contributed by atoms with Gasteiger partial charge < -0.3 is 10.0 Å². The summed E-state index contributed by atoms with van der Waals surface area (Å²) < 4.78 is 37.7. The van der Waals surface area contributed by atoms with Crippen molar-refractivity contribution in [1.82, 2.24) is 4.90 Å². The van der Waals surface area contributed by atoms with Crippen LogP contribution in [0.2, 0.25) is 5.02 Å². The first-order chi connectivity index (χ1) is 8.45. The van der Waals surface area contributed by atoms with Gasteiger partial charge in [0.25, 0.3) is 12.3 Å². The fraction of sp³-hybridized carbons (Fsp3) is 0.364. The lowest BCUT2D eigenvalue weighted by Crippen LogP contribution is -2.37. The molecule has 0 unspecified atom stereocenters. The zero-order valence-electron chi connectivity index (χ0n) is 9.25. The normalized spacial score (nSPS) is 10.8. The van der Waals surface area contributed by atoms with Gasteiger partial charge in [0, 0.05) is 12.1 Å². The Hall–Kier alpha value is -1.27. The molecular formula is C11H11ClF3NO2. The molecular weight excluding hydrogens is 271 g/mol. The Kier molecular flexibility index (Phi) is 5.43. The third-order valence-corrected chi connectivity index (χ3v) is 2.49. The van der Waals surface area contributed by atoms with E-state index in [0.29, 0.717) is 0 Å². The first-order valence-corrected chi connectivity index (χ1v) is 5.47. The highest BCUT2D eigenvalue weighted by Crippen LogP contribution is 2.17. The average Bonchev–Trinajstić information content (AvgIpc) is 2.31. The summed E-state index contributed by atoms with van der Waals surface area (Å²) in [4.78, 5) is 12.6. The van der Waals surface area contributed by atoms with Crippen molar-refractivity contribution in [3.05, 3.63) is 34.6 Å². The van der Waals surface area contributed by atoms with E-state index in [4.69, 9.17) is 16.7 Å². The SMILES string of the molecule is O=C(c1ccc(Cl)c(F)c1)N(CCO)CC(F)F. The van der Waals surface area contributed by atoms with E-state index < -0.39 is 31.3 Å². The molecule has 0 aromatic heterocycles. The molecule has 0 heterocycles. The molecule has 0 radical (unpaired) electrons. The van der Waals surface area contributed by atoms with E-state index >= 15 is 0 Å². The molecule has 0 saturated heterocycles. The number of nitrogens with zero attached hydrogens (tertiary/aromatic N) is 1. The van der Waals surface area contributed by atoms with E-state index in [1.807, 2.05) is 0 Å². The van der Waals surface area contributed by atoms with Crippen LogP contribution in [0.4, 0.5) is 13.2 Å². The van der Waals surface area contributed by atoms with Crippen LogP contribution < -0.4 is 0 Å². The number of aliphatic hydroxyl groups excluding tert-OH is 1. The maximum Gasteiger partial charge on any atom is 0.255 e. The van der Waals surface area contributed by atoms with E-state index in [1.165, 1.54) is 12.1 Å². The second kappa shape index (κ2) is 6.61. The zero-order valence-corrected chi connectivity index (χ0v) is 10.0. The van der Waals surface area contributed by atoms with Gasteiger partial charge in [0.15, 0.2) is 0 Å². The van der Waals surface area contributed by atoms with Gasteiger partial charge in [0.2, 0.25) is 0 Å². The highest BCUT2D eigenvalue weighted by Gasteiger charge is 2.20. The lowest BCUT2D eigenvalue weighted by molar-refractivity contribution is 0.0509. The van der Waals surface area contributed by atoms with Crippen LogP contribution in [0.5, 0.6) is 0 Å². The zero-order chi connectivity index (χ0) is 13.7. The highest BCUT2D eigenvalue weighted by molar-refractivity contribution is 6.30. The van der Waals surface area contributed by atoms with Crippen molar-refractivity contribution < 1.29 is 23.1 Å². The number of hydrogen-bond acceptors (Lipinski definition) is 2. The van der Waals surface area contributed by atoms with Crippen LogP contribution in [-0.2, 0) is 0 Å².